The summed E-state index contributed by atoms with van der Waals surface area (Å²) in [4.78, 5) is 25.3. The van der Waals surface area contributed by atoms with E-state index in [4.69, 9.17) is 19.2 Å². The molecule has 0 bridgehead atoms. The summed E-state index contributed by atoms with van der Waals surface area (Å²) in [6, 6.07) is 0. The van der Waals surface area contributed by atoms with E-state index in [0.717, 1.165) is 13.2 Å². The van der Waals surface area contributed by atoms with Crippen LogP contribution in [0, 0.1) is 0 Å². The van der Waals surface area contributed by atoms with Crippen molar-refractivity contribution in [2.45, 2.75) is 0 Å². The summed E-state index contributed by atoms with van der Waals surface area (Å²) in [5.74, 6) is 0. The minimum atomic E-state index is -4.64. The molecule has 0 atom stereocenters. The highest BCUT2D eigenvalue weighted by Crippen LogP contribution is 2.25. The smallest absolute Gasteiger partial charge is 0.466 e. The zero-order valence-electron chi connectivity index (χ0n) is 5.04. The first kappa shape index (κ1) is 9.58. The zero-order valence-corrected chi connectivity index (χ0v) is 5.94. The Morgan fingerprint density at radius 3 is 2.10 bits per heavy atom. The van der Waals surface area contributed by atoms with E-state index < -0.39 is 7.82 Å². The lowest BCUT2D eigenvalue weighted by molar-refractivity contribution is 0.275. The van der Waals surface area contributed by atoms with Crippen molar-refractivity contribution in [2.24, 2.45) is 4.99 Å². The maximum absolute atomic E-state index is 8.88. The van der Waals surface area contributed by atoms with Gasteiger partial charge in [-0.2, -0.15) is 0 Å². The minimum Gasteiger partial charge on any atom is -0.482 e. The monoisotopic (exact) mass is 169 g/mol. The standard InChI is InChI=1S/C3H5NO.H3O4P/c1-2-5-3-4-1;1-5(2,3)4/h3H,1-2H2;(H3,1,2,3,4). The average molecular weight is 169 g/mol. The fourth-order valence-electron chi connectivity index (χ4n) is 0.264. The molecule has 0 unspecified atom stereocenters. The van der Waals surface area contributed by atoms with Gasteiger partial charge in [-0.1, -0.05) is 0 Å². The van der Waals surface area contributed by atoms with Gasteiger partial charge in [0.15, 0.2) is 6.40 Å². The van der Waals surface area contributed by atoms with Gasteiger partial charge in [-0.05, 0) is 0 Å². The van der Waals surface area contributed by atoms with Crippen molar-refractivity contribution in [3.63, 3.8) is 0 Å². The second-order valence-corrected chi connectivity index (χ2v) is 2.42. The maximum atomic E-state index is 8.88. The molecule has 3 N–H and O–H groups in total. The van der Waals surface area contributed by atoms with Crippen LogP contribution >= 0.6 is 7.82 Å². The number of ether oxygens (including phenoxy) is 1. The maximum Gasteiger partial charge on any atom is 0.466 e. The van der Waals surface area contributed by atoms with Crippen LogP contribution in [0.25, 0.3) is 0 Å². The number of aliphatic imine (C=N–C) groups is 1. The molecule has 0 spiro atoms. The number of hydrogen-bond donors (Lipinski definition) is 3. The van der Waals surface area contributed by atoms with Crippen molar-refractivity contribution < 1.29 is 24.0 Å². The molecule has 0 aromatic rings. The van der Waals surface area contributed by atoms with Gasteiger partial charge in [0, 0.05) is 0 Å². The molecule has 1 aliphatic heterocycles. The normalized spacial score (nSPS) is 15.5. The molecular formula is C3H8NO5P. The third-order valence-electron chi connectivity index (χ3n) is 0.487. The lowest BCUT2D eigenvalue weighted by Crippen LogP contribution is -1.80. The number of nitrogens with zero attached hydrogens (tertiary/aromatic N) is 1. The third kappa shape index (κ3) is 15.6. The summed E-state index contributed by atoms with van der Waals surface area (Å²) in [7, 11) is -4.64. The van der Waals surface area contributed by atoms with Crippen molar-refractivity contribution in [1.82, 2.24) is 0 Å². The summed E-state index contributed by atoms with van der Waals surface area (Å²) in [6.45, 7) is 1.62. The first-order chi connectivity index (χ1) is 4.50. The number of phosphoric acid groups is 1. The van der Waals surface area contributed by atoms with Crippen molar-refractivity contribution >= 4 is 14.2 Å². The van der Waals surface area contributed by atoms with Gasteiger partial charge in [0.1, 0.15) is 6.61 Å². The van der Waals surface area contributed by atoms with E-state index in [1.807, 2.05) is 0 Å². The van der Waals surface area contributed by atoms with E-state index in [9.17, 15) is 0 Å². The van der Waals surface area contributed by atoms with Crippen LogP contribution in [0.1, 0.15) is 0 Å². The van der Waals surface area contributed by atoms with Crippen LogP contribution in [0.15, 0.2) is 4.99 Å². The number of rotatable bonds is 0. The van der Waals surface area contributed by atoms with Crippen LogP contribution in [0.4, 0.5) is 0 Å². The Hall–Kier alpha value is -0.420. The van der Waals surface area contributed by atoms with Gasteiger partial charge in [0.2, 0.25) is 0 Å². The molecule has 0 fully saturated rings. The Kier molecular flexibility index (Phi) is 4.22. The summed E-state index contributed by atoms with van der Waals surface area (Å²) in [5, 5.41) is 0. The predicted molar refractivity (Wildman–Crippen MR) is 33.6 cm³/mol. The van der Waals surface area contributed by atoms with E-state index in [1.165, 1.54) is 6.40 Å². The fraction of sp³-hybridized carbons (Fsp3) is 0.667. The molecule has 0 amide bonds. The second kappa shape index (κ2) is 4.40. The Labute approximate surface area is 57.4 Å². The molecule has 0 aromatic heterocycles. The molecule has 7 heteroatoms. The Bertz CT molecular complexity index is 137. The van der Waals surface area contributed by atoms with Crippen molar-refractivity contribution in [1.29, 1.82) is 0 Å². The topological polar surface area (TPSA) is 99.4 Å². The third-order valence-corrected chi connectivity index (χ3v) is 0.487. The molecule has 1 heterocycles. The second-order valence-electron chi connectivity index (χ2n) is 1.40. The van der Waals surface area contributed by atoms with Gasteiger partial charge in [-0.25, -0.2) is 4.57 Å². The van der Waals surface area contributed by atoms with E-state index in [2.05, 4.69) is 9.73 Å². The highest BCUT2D eigenvalue weighted by molar-refractivity contribution is 7.45. The van der Waals surface area contributed by atoms with E-state index >= 15 is 0 Å². The van der Waals surface area contributed by atoms with Crippen LogP contribution in [-0.4, -0.2) is 34.2 Å². The molecule has 6 nitrogen and oxygen atoms in total. The molecule has 0 radical (unpaired) electrons. The molecule has 0 aliphatic carbocycles. The van der Waals surface area contributed by atoms with Gasteiger partial charge in [-0.3, -0.25) is 4.99 Å². The summed E-state index contributed by atoms with van der Waals surface area (Å²) < 4.78 is 13.5. The highest BCUT2D eigenvalue weighted by atomic mass is 31.2. The summed E-state index contributed by atoms with van der Waals surface area (Å²) in [6.07, 6.45) is 1.49. The van der Waals surface area contributed by atoms with Crippen LogP contribution in [0.3, 0.4) is 0 Å². The van der Waals surface area contributed by atoms with Crippen molar-refractivity contribution in [3.8, 4) is 0 Å². The van der Waals surface area contributed by atoms with Crippen molar-refractivity contribution in [3.05, 3.63) is 0 Å². The molecule has 1 rings (SSSR count). The quantitative estimate of drug-likeness (QED) is 0.409. The first-order valence-electron chi connectivity index (χ1n) is 2.38. The zero-order chi connectivity index (χ0) is 8.04. The molecule has 0 saturated heterocycles. The van der Waals surface area contributed by atoms with Gasteiger partial charge < -0.3 is 19.4 Å². The van der Waals surface area contributed by atoms with Crippen LogP contribution in [0.2, 0.25) is 0 Å². The Morgan fingerprint density at radius 2 is 2.00 bits per heavy atom. The molecular weight excluding hydrogens is 161 g/mol. The van der Waals surface area contributed by atoms with Gasteiger partial charge in [-0.15, -0.1) is 0 Å². The van der Waals surface area contributed by atoms with E-state index in [-0.39, 0.29) is 0 Å². The lowest BCUT2D eigenvalue weighted by atomic mass is 10.8. The Morgan fingerprint density at radius 1 is 1.50 bits per heavy atom. The average Bonchev–Trinajstić information content (AvgIpc) is 2.07. The van der Waals surface area contributed by atoms with Crippen LogP contribution < -0.4 is 0 Å². The molecule has 1 aliphatic rings. The largest absolute Gasteiger partial charge is 0.482 e. The van der Waals surface area contributed by atoms with E-state index in [0.29, 0.717) is 0 Å². The first-order valence-corrected chi connectivity index (χ1v) is 3.95. The van der Waals surface area contributed by atoms with E-state index in [1.54, 1.807) is 0 Å². The fourth-order valence-corrected chi connectivity index (χ4v) is 0.264. The van der Waals surface area contributed by atoms with Crippen LogP contribution in [-0.2, 0) is 9.30 Å². The van der Waals surface area contributed by atoms with Crippen molar-refractivity contribution in [2.75, 3.05) is 13.2 Å². The Balaban J connectivity index is 0.000000162. The van der Waals surface area contributed by atoms with Gasteiger partial charge in [0.25, 0.3) is 0 Å². The molecule has 0 aromatic carbocycles. The summed E-state index contributed by atoms with van der Waals surface area (Å²) in [5.41, 5.74) is 0. The lowest BCUT2D eigenvalue weighted by Gasteiger charge is -1.82. The minimum absolute atomic E-state index is 0.778. The number of hydrogen-bond acceptors (Lipinski definition) is 3. The predicted octanol–water partition coefficient (Wildman–Crippen LogP) is -0.884. The van der Waals surface area contributed by atoms with Gasteiger partial charge >= 0.3 is 7.82 Å². The molecule has 60 valence electrons. The van der Waals surface area contributed by atoms with Crippen LogP contribution in [0.5, 0.6) is 0 Å². The summed E-state index contributed by atoms with van der Waals surface area (Å²) >= 11 is 0. The molecule has 0 saturated carbocycles. The molecule has 10 heavy (non-hydrogen) atoms. The highest BCUT2D eigenvalue weighted by Gasteiger charge is 2.00. The SMILES string of the molecule is C1=NCCO1.O=P(O)(O)O. The van der Waals surface area contributed by atoms with Gasteiger partial charge in [0.05, 0.1) is 6.54 Å².